The Morgan fingerprint density at radius 2 is 1.59 bits per heavy atom. The minimum absolute atomic E-state index is 0.243. The van der Waals surface area contributed by atoms with E-state index in [0.29, 0.717) is 27.0 Å². The number of carbonyl (C=O) groups excluding carboxylic acids is 1. The first-order valence-corrected chi connectivity index (χ1v) is 9.89. The van der Waals surface area contributed by atoms with Gasteiger partial charge in [0.15, 0.2) is 0 Å². The van der Waals surface area contributed by atoms with E-state index in [1.807, 2.05) is 57.2 Å². The highest BCUT2D eigenvalue weighted by Crippen LogP contribution is 2.30. The molecular weight excluding hydrogens is 386 g/mol. The minimum atomic E-state index is -0.464. The van der Waals surface area contributed by atoms with Crippen LogP contribution in [0, 0.1) is 0 Å². The zero-order valence-electron chi connectivity index (χ0n) is 16.2. The normalized spacial score (nSPS) is 11.6. The Hall–Kier alpha value is -3.39. The van der Waals surface area contributed by atoms with Gasteiger partial charge in [-0.2, -0.15) is 4.52 Å². The van der Waals surface area contributed by atoms with Crippen molar-refractivity contribution >= 4 is 33.0 Å². The number of hydrogen-bond acceptors (Lipinski definition) is 6. The first kappa shape index (κ1) is 18.9. The van der Waals surface area contributed by atoms with Crippen LogP contribution < -0.4 is 10.5 Å². The van der Waals surface area contributed by atoms with Crippen molar-refractivity contribution in [3.8, 4) is 0 Å². The zero-order chi connectivity index (χ0) is 20.6. The quantitative estimate of drug-likeness (QED) is 0.518. The molecule has 0 aliphatic rings. The molecule has 0 saturated carbocycles. The van der Waals surface area contributed by atoms with Crippen LogP contribution >= 0.6 is 11.3 Å². The van der Waals surface area contributed by atoms with Crippen molar-refractivity contribution in [2.24, 2.45) is 0 Å². The van der Waals surface area contributed by atoms with Crippen molar-refractivity contribution in [3.05, 3.63) is 82.3 Å². The Morgan fingerprint density at radius 3 is 2.21 bits per heavy atom. The molecular formula is C21H19N5O2S. The summed E-state index contributed by atoms with van der Waals surface area (Å²) >= 11 is 1.14. The fraction of sp³-hybridized carbons (Fsp3) is 0.190. The average Bonchev–Trinajstić information content (AvgIpc) is 3.13. The number of para-hydroxylation sites is 1. The van der Waals surface area contributed by atoms with E-state index in [0.717, 1.165) is 11.3 Å². The van der Waals surface area contributed by atoms with Crippen molar-refractivity contribution in [3.63, 3.8) is 0 Å². The van der Waals surface area contributed by atoms with Crippen LogP contribution in [0.25, 0.3) is 4.96 Å². The Labute approximate surface area is 171 Å². The molecule has 0 bridgehead atoms. The van der Waals surface area contributed by atoms with Crippen LogP contribution in [-0.2, 0) is 5.41 Å². The van der Waals surface area contributed by atoms with Crippen molar-refractivity contribution in [2.45, 2.75) is 26.2 Å². The molecule has 0 saturated heterocycles. The van der Waals surface area contributed by atoms with Crippen molar-refractivity contribution in [1.82, 2.24) is 19.8 Å². The van der Waals surface area contributed by atoms with Gasteiger partial charge in [0, 0.05) is 11.0 Å². The molecule has 2 heterocycles. The van der Waals surface area contributed by atoms with Crippen LogP contribution in [0.4, 0.5) is 10.8 Å². The van der Waals surface area contributed by atoms with Gasteiger partial charge in [0.2, 0.25) is 10.1 Å². The number of fused-ring (bicyclic) bond motifs is 1. The van der Waals surface area contributed by atoms with Crippen molar-refractivity contribution < 1.29 is 4.79 Å². The second-order valence-electron chi connectivity index (χ2n) is 7.52. The van der Waals surface area contributed by atoms with Gasteiger partial charge in [-0.3, -0.25) is 14.5 Å². The Bertz CT molecular complexity index is 1230. The number of hydrogen-bond donors (Lipinski definition) is 0. The zero-order valence-corrected chi connectivity index (χ0v) is 17.1. The molecule has 7 nitrogen and oxygen atoms in total. The van der Waals surface area contributed by atoms with Gasteiger partial charge in [-0.05, 0) is 24.3 Å². The van der Waals surface area contributed by atoms with Crippen LogP contribution in [0.3, 0.4) is 0 Å². The summed E-state index contributed by atoms with van der Waals surface area (Å²) in [7, 11) is 0. The number of rotatable bonds is 3. The minimum Gasteiger partial charge on any atom is -0.268 e. The van der Waals surface area contributed by atoms with Gasteiger partial charge < -0.3 is 0 Å². The Balaban J connectivity index is 1.89. The van der Waals surface area contributed by atoms with Crippen LogP contribution in [0.1, 0.15) is 36.8 Å². The smallest absolute Gasteiger partial charge is 0.268 e. The fourth-order valence-electron chi connectivity index (χ4n) is 2.87. The van der Waals surface area contributed by atoms with Gasteiger partial charge in [0.25, 0.3) is 11.5 Å². The maximum absolute atomic E-state index is 13.3. The highest BCUT2D eigenvalue weighted by molar-refractivity contribution is 7.20. The van der Waals surface area contributed by atoms with E-state index in [9.17, 15) is 9.59 Å². The monoisotopic (exact) mass is 405 g/mol. The number of benzene rings is 2. The van der Waals surface area contributed by atoms with Crippen LogP contribution in [0.2, 0.25) is 0 Å². The summed E-state index contributed by atoms with van der Waals surface area (Å²) < 4.78 is 1.22. The maximum Gasteiger partial charge on any atom is 0.297 e. The van der Waals surface area contributed by atoms with Gasteiger partial charge in [-0.15, -0.1) is 15.3 Å². The summed E-state index contributed by atoms with van der Waals surface area (Å²) in [5.41, 5.74) is 0.702. The van der Waals surface area contributed by atoms with Gasteiger partial charge >= 0.3 is 0 Å². The Morgan fingerprint density at radius 1 is 0.966 bits per heavy atom. The summed E-state index contributed by atoms with van der Waals surface area (Å²) in [4.78, 5) is 28.0. The third-order valence-electron chi connectivity index (χ3n) is 4.32. The van der Waals surface area contributed by atoms with E-state index >= 15 is 0 Å². The highest BCUT2D eigenvalue weighted by Gasteiger charge is 2.27. The first-order valence-electron chi connectivity index (χ1n) is 9.08. The number of aromatic nitrogens is 4. The van der Waals surface area contributed by atoms with E-state index in [4.69, 9.17) is 0 Å². The molecule has 4 rings (SSSR count). The second kappa shape index (κ2) is 7.21. The topological polar surface area (TPSA) is 80.5 Å². The van der Waals surface area contributed by atoms with E-state index in [2.05, 4.69) is 15.3 Å². The third-order valence-corrected chi connectivity index (χ3v) is 5.20. The number of nitrogens with zero attached hydrogens (tertiary/aromatic N) is 5. The fourth-order valence-corrected chi connectivity index (χ4v) is 3.72. The van der Waals surface area contributed by atoms with Gasteiger partial charge in [-0.1, -0.05) is 68.5 Å². The number of amides is 1. The molecule has 0 aliphatic heterocycles. The largest absolute Gasteiger partial charge is 0.297 e. The SMILES string of the molecule is CC(C)(C)c1nnc2sc(N(C(=O)c3ccccc3)c3ccccc3)nn2c1=O. The average molecular weight is 405 g/mol. The van der Waals surface area contributed by atoms with E-state index in [1.165, 1.54) is 9.42 Å². The Kier molecular flexibility index (Phi) is 4.71. The molecule has 0 radical (unpaired) electrons. The number of anilines is 2. The molecule has 0 unspecified atom stereocenters. The third kappa shape index (κ3) is 3.54. The van der Waals surface area contributed by atoms with E-state index < -0.39 is 5.41 Å². The summed E-state index contributed by atoms with van der Waals surface area (Å²) in [6, 6.07) is 18.2. The summed E-state index contributed by atoms with van der Waals surface area (Å²) in [6.07, 6.45) is 0. The summed E-state index contributed by atoms with van der Waals surface area (Å²) in [5, 5.41) is 13.1. The molecule has 0 fully saturated rings. The molecule has 2 aromatic heterocycles. The lowest BCUT2D eigenvalue weighted by Crippen LogP contribution is -2.31. The lowest BCUT2D eigenvalue weighted by atomic mass is 9.93. The van der Waals surface area contributed by atoms with Crippen LogP contribution in [-0.4, -0.2) is 25.7 Å². The highest BCUT2D eigenvalue weighted by atomic mass is 32.1. The van der Waals surface area contributed by atoms with Gasteiger partial charge in [0.1, 0.15) is 5.69 Å². The van der Waals surface area contributed by atoms with Crippen LogP contribution in [0.15, 0.2) is 65.5 Å². The van der Waals surface area contributed by atoms with Gasteiger partial charge in [-0.25, -0.2) is 0 Å². The second-order valence-corrected chi connectivity index (χ2v) is 8.46. The molecule has 2 aromatic carbocycles. The van der Waals surface area contributed by atoms with Crippen molar-refractivity contribution in [2.75, 3.05) is 4.90 Å². The lowest BCUT2D eigenvalue weighted by molar-refractivity contribution is 0.0999. The summed E-state index contributed by atoms with van der Waals surface area (Å²) in [5.74, 6) is -0.243. The summed E-state index contributed by atoms with van der Waals surface area (Å²) in [6.45, 7) is 5.69. The van der Waals surface area contributed by atoms with Crippen molar-refractivity contribution in [1.29, 1.82) is 0 Å². The lowest BCUT2D eigenvalue weighted by Gasteiger charge is -2.19. The first-order chi connectivity index (χ1) is 13.9. The molecule has 0 spiro atoms. The van der Waals surface area contributed by atoms with E-state index in [1.54, 1.807) is 24.3 Å². The van der Waals surface area contributed by atoms with E-state index in [-0.39, 0.29) is 11.5 Å². The predicted octanol–water partition coefficient (Wildman–Crippen LogP) is 3.82. The molecule has 8 heteroatoms. The van der Waals surface area contributed by atoms with Crippen LogP contribution in [0.5, 0.6) is 0 Å². The number of carbonyl (C=O) groups is 1. The molecule has 0 aliphatic carbocycles. The standard InChI is InChI=1S/C21H19N5O2S/c1-21(2,3)16-18(28)26-19(23-22-16)29-20(24-26)25(15-12-8-5-9-13-15)17(27)14-10-6-4-7-11-14/h4-13H,1-3H3. The molecule has 1 amide bonds. The molecule has 0 N–H and O–H groups in total. The molecule has 0 atom stereocenters. The van der Waals surface area contributed by atoms with Gasteiger partial charge in [0.05, 0.1) is 5.69 Å². The molecule has 29 heavy (non-hydrogen) atoms. The predicted molar refractivity (Wildman–Crippen MR) is 113 cm³/mol. The molecule has 4 aromatic rings. The molecule has 146 valence electrons. The maximum atomic E-state index is 13.3.